The Kier molecular flexibility index (Phi) is 20.5. The number of aryl methyl sites for hydroxylation is 2. The van der Waals surface area contributed by atoms with Gasteiger partial charge in [-0.1, -0.05) is 43.1 Å². The molecule has 4 atom stereocenters. The van der Waals surface area contributed by atoms with Crippen LogP contribution in [0.25, 0.3) is 11.1 Å². The van der Waals surface area contributed by atoms with E-state index in [1.807, 2.05) is 84.9 Å². The molecule has 2 aromatic carbocycles. The number of rotatable bonds is 10. The average Bonchev–Trinajstić information content (AvgIpc) is 2.87. The van der Waals surface area contributed by atoms with Crippen LogP contribution in [0, 0.1) is 37.5 Å². The third-order valence-corrected chi connectivity index (χ3v) is 17.7. The first-order valence-corrected chi connectivity index (χ1v) is 30.6. The molecule has 0 spiro atoms. The molecule has 7 aliphatic rings. The van der Waals surface area contributed by atoms with Gasteiger partial charge in [0.05, 0.1) is 37.6 Å². The number of ether oxygens (including phenoxy) is 2. The molecule has 9 heterocycles. The van der Waals surface area contributed by atoms with Crippen LogP contribution in [0.3, 0.4) is 0 Å². The highest BCUT2D eigenvalue weighted by Gasteiger charge is 2.52. The first kappa shape index (κ1) is 66.0. The molecule has 7 saturated heterocycles. The minimum absolute atomic E-state index is 0.0484. The number of benzene rings is 2. The molecule has 2 aromatic heterocycles. The Morgan fingerprint density at radius 1 is 0.602 bits per heavy atom. The van der Waals surface area contributed by atoms with E-state index in [-0.39, 0.29) is 30.8 Å². The Bertz CT molecular complexity index is 3150. The van der Waals surface area contributed by atoms with Crippen molar-refractivity contribution in [3.05, 3.63) is 76.8 Å². The number of alkyl halides is 6. The van der Waals surface area contributed by atoms with Gasteiger partial charge in [0.15, 0.2) is 0 Å². The highest BCUT2D eigenvalue weighted by molar-refractivity contribution is 6.62. The number of nitrogens with zero attached hydrogens (tertiary/aromatic N) is 8. The number of amides is 6. The van der Waals surface area contributed by atoms with Gasteiger partial charge < -0.3 is 49.0 Å². The van der Waals surface area contributed by atoms with Crippen LogP contribution >= 0.6 is 11.6 Å². The number of likely N-dealkylation sites (tertiary alicyclic amines) is 2. The van der Waals surface area contributed by atoms with E-state index in [9.17, 15) is 45.5 Å². The van der Waals surface area contributed by atoms with Crippen molar-refractivity contribution >= 4 is 82.7 Å². The van der Waals surface area contributed by atoms with E-state index in [1.165, 1.54) is 9.80 Å². The Hall–Kier alpha value is -6.41. The maximum Gasteiger partial charge on any atom is 0.495 e. The number of urea groups is 2. The van der Waals surface area contributed by atoms with Crippen LogP contribution in [0.2, 0.25) is 5.02 Å². The summed E-state index contributed by atoms with van der Waals surface area (Å²) in [6.45, 7) is 23.6. The predicted molar refractivity (Wildman–Crippen MR) is 328 cm³/mol. The molecular formula is C62H80BClF6N10O8. The summed E-state index contributed by atoms with van der Waals surface area (Å²) in [6, 6.07) is 17.7. The van der Waals surface area contributed by atoms with Crippen molar-refractivity contribution in [1.82, 2.24) is 19.8 Å². The Morgan fingerprint density at radius 2 is 1.02 bits per heavy atom. The van der Waals surface area contributed by atoms with Gasteiger partial charge in [-0.05, 0) is 149 Å². The second kappa shape index (κ2) is 27.4. The Morgan fingerprint density at radius 3 is 1.48 bits per heavy atom. The van der Waals surface area contributed by atoms with Gasteiger partial charge in [-0.2, -0.15) is 26.3 Å². The van der Waals surface area contributed by atoms with Crippen molar-refractivity contribution < 1.29 is 64.3 Å². The molecule has 18 nitrogen and oxygen atoms in total. The Labute approximate surface area is 516 Å². The molecule has 0 unspecified atom stereocenters. The van der Waals surface area contributed by atoms with Gasteiger partial charge >= 0.3 is 31.5 Å². The van der Waals surface area contributed by atoms with Gasteiger partial charge in [0.1, 0.15) is 23.3 Å². The molecule has 0 saturated carbocycles. The zero-order valence-corrected chi connectivity index (χ0v) is 52.0. The van der Waals surface area contributed by atoms with Gasteiger partial charge in [0.25, 0.3) is 0 Å². The maximum absolute atomic E-state index is 12.9. The van der Waals surface area contributed by atoms with E-state index in [1.54, 1.807) is 34.1 Å². The van der Waals surface area contributed by atoms with Crippen LogP contribution in [0.15, 0.2) is 60.7 Å². The fourth-order valence-electron chi connectivity index (χ4n) is 11.9. The summed E-state index contributed by atoms with van der Waals surface area (Å²) in [7, 11) is -0.556. The van der Waals surface area contributed by atoms with Crippen LogP contribution in [-0.4, -0.2) is 166 Å². The van der Waals surface area contributed by atoms with Gasteiger partial charge in [0.2, 0.25) is 11.8 Å². The summed E-state index contributed by atoms with van der Waals surface area (Å²) >= 11 is 6.20. The second-order valence-corrected chi connectivity index (χ2v) is 25.7. The number of aromatic nitrogens is 2. The minimum Gasteiger partial charge on any atom is -0.399 e. The molecule has 11 rings (SSSR count). The fourth-order valence-corrected chi connectivity index (χ4v) is 12.1. The number of hydrogen-bond donors (Lipinski definition) is 2. The van der Waals surface area contributed by atoms with E-state index in [0.29, 0.717) is 125 Å². The van der Waals surface area contributed by atoms with E-state index >= 15 is 0 Å². The van der Waals surface area contributed by atoms with Gasteiger partial charge in [-0.3, -0.25) is 19.4 Å². The summed E-state index contributed by atoms with van der Waals surface area (Å²) in [5, 5.41) is 6.27. The van der Waals surface area contributed by atoms with Crippen molar-refractivity contribution in [3.63, 3.8) is 0 Å². The molecule has 6 amide bonds. The SMILES string of the molecule is C[C@H]1CC(=O)N(c2cc(Cl)cc(N3CCOCC3)n2)C1.Cc1ccc(NC(=O)N2CC[C@@H](CC(F)(F)F)C2)cc1-c1cc(N2CCOCC2)nc(N2C[C@@H](C)CC2=O)c1.Cc1ccc(NC(=O)N2CC[C@@H](CC(F)(F)F)C2)cc1B1OC(C)(C)C(C)(C)O1. The third-order valence-electron chi connectivity index (χ3n) is 17.4. The first-order valence-electron chi connectivity index (χ1n) is 30.2. The highest BCUT2D eigenvalue weighted by Crippen LogP contribution is 2.39. The van der Waals surface area contributed by atoms with Crippen LogP contribution < -0.4 is 35.7 Å². The molecule has 7 aliphatic heterocycles. The van der Waals surface area contributed by atoms with Gasteiger partial charge in [-0.15, -0.1) is 0 Å². The van der Waals surface area contributed by atoms with Crippen molar-refractivity contribution in [1.29, 1.82) is 0 Å². The number of carbonyl (C=O) groups excluding carboxylic acids is 4. The predicted octanol–water partition coefficient (Wildman–Crippen LogP) is 11.1. The number of anilines is 6. The number of nitrogens with one attached hydrogen (secondary N) is 2. The Balaban J connectivity index is 0.000000166. The molecule has 0 radical (unpaired) electrons. The first-order chi connectivity index (χ1) is 41.5. The lowest BCUT2D eigenvalue weighted by atomic mass is 9.76. The van der Waals surface area contributed by atoms with Crippen molar-refractivity contribution in [3.8, 4) is 11.1 Å². The van der Waals surface area contributed by atoms with E-state index in [4.69, 9.17) is 35.4 Å². The molecule has 88 heavy (non-hydrogen) atoms. The van der Waals surface area contributed by atoms with E-state index in [0.717, 1.165) is 52.4 Å². The second-order valence-electron chi connectivity index (χ2n) is 25.3. The van der Waals surface area contributed by atoms with Gasteiger partial charge in [0, 0.05) is 108 Å². The smallest absolute Gasteiger partial charge is 0.399 e. The summed E-state index contributed by atoms with van der Waals surface area (Å²) < 4.78 is 99.1. The summed E-state index contributed by atoms with van der Waals surface area (Å²) in [4.78, 5) is 70.2. The maximum atomic E-state index is 12.9. The number of pyridine rings is 2. The molecule has 7 fully saturated rings. The number of halogens is 7. The summed E-state index contributed by atoms with van der Waals surface area (Å²) in [5.74, 6) is 2.52. The van der Waals surface area contributed by atoms with E-state index in [2.05, 4.69) is 32.3 Å². The monoisotopic (exact) mass is 1250 g/mol. The molecular weight excluding hydrogens is 1170 g/mol. The van der Waals surface area contributed by atoms with Crippen LogP contribution in [0.4, 0.5) is 70.6 Å². The summed E-state index contributed by atoms with van der Waals surface area (Å²) in [5.41, 5.74) is 4.66. The normalized spacial score (nSPS) is 22.9. The van der Waals surface area contributed by atoms with Crippen molar-refractivity contribution in [2.75, 3.05) is 122 Å². The van der Waals surface area contributed by atoms with Crippen LogP contribution in [-0.2, 0) is 28.4 Å². The van der Waals surface area contributed by atoms with Crippen LogP contribution in [0.5, 0.6) is 0 Å². The van der Waals surface area contributed by atoms with E-state index < -0.39 is 67.4 Å². The molecule has 478 valence electrons. The minimum atomic E-state index is -4.23. The number of carbonyl (C=O) groups is 4. The average molecular weight is 1250 g/mol. The lowest BCUT2D eigenvalue weighted by molar-refractivity contribution is -0.144. The molecule has 0 aliphatic carbocycles. The standard InChI is InChI=1S/C28H34F3N5O3.C20H28BF3N2O3.C14H18ClN3O2/c1-18-11-26(37)36(16-18)25-13-21(12-24(33-25)34-7-9-39-10-8-34)23-14-22(4-3-19(23)2)32-27(38)35-6-5-20(17-35)15-28(29,30)31;1-13-6-7-15(10-16(13)21-28-18(2,3)19(4,5)29-21)25-17(27)26-9-8-14(12-26)11-20(22,23)24;1-10-6-14(19)18(9-10)13-8-11(15)7-12(16-13)17-2-4-20-5-3-17/h3-4,12-14,18,20H,5-11,15-17H2,1-2H3,(H,32,38);6-7,10,14H,8-9,11-12H2,1-5H3,(H,25,27);7-8,10H,2-6,9H2,1H3/t18-,20-;14-;10-/m000/s1. The number of morpholine rings is 2. The quantitative estimate of drug-likeness (QED) is 0.114. The zero-order valence-electron chi connectivity index (χ0n) is 51.3. The molecule has 26 heteroatoms. The third kappa shape index (κ3) is 16.9. The van der Waals surface area contributed by atoms with Gasteiger partial charge in [-0.25, -0.2) is 19.6 Å². The van der Waals surface area contributed by atoms with Crippen molar-refractivity contribution in [2.45, 2.75) is 117 Å². The zero-order chi connectivity index (χ0) is 63.5. The van der Waals surface area contributed by atoms with Crippen molar-refractivity contribution in [2.24, 2.45) is 23.7 Å². The fraction of sp³-hybridized carbons (Fsp3) is 0.581. The largest absolute Gasteiger partial charge is 0.495 e. The number of hydrogen-bond acceptors (Lipinski definition) is 12. The van der Waals surface area contributed by atoms with Crippen LogP contribution in [0.1, 0.15) is 91.2 Å². The molecule has 0 bridgehead atoms. The lowest BCUT2D eigenvalue weighted by Gasteiger charge is -2.32. The summed E-state index contributed by atoms with van der Waals surface area (Å²) in [6.07, 6.45) is -8.40. The molecule has 4 aromatic rings. The highest BCUT2D eigenvalue weighted by atomic mass is 35.5. The lowest BCUT2D eigenvalue weighted by Crippen LogP contribution is -2.41. The topological polar surface area (TPSA) is 174 Å². The molecule has 2 N–H and O–H groups in total.